The number of aromatic nitrogens is 4. The normalized spacial score (nSPS) is 12.8. The van der Waals surface area contributed by atoms with E-state index < -0.39 is 17.7 Å². The van der Waals surface area contributed by atoms with Gasteiger partial charge >= 0.3 is 6.09 Å². The Bertz CT molecular complexity index is 648. The minimum Gasteiger partial charge on any atom is -0.444 e. The van der Waals surface area contributed by atoms with E-state index in [0.717, 1.165) is 10.2 Å². The zero-order chi connectivity index (χ0) is 16.3. The van der Waals surface area contributed by atoms with Crippen molar-refractivity contribution in [2.75, 3.05) is 0 Å². The highest BCUT2D eigenvalue weighted by Crippen LogP contribution is 2.17. The van der Waals surface area contributed by atoms with Crippen molar-refractivity contribution < 1.29 is 9.53 Å². The van der Waals surface area contributed by atoms with Crippen LogP contribution in [0.3, 0.4) is 0 Å². The van der Waals surface area contributed by atoms with Crippen LogP contribution in [0.25, 0.3) is 5.69 Å². The second-order valence-corrected chi connectivity index (χ2v) is 6.71. The topological polar surface area (TPSA) is 81.9 Å². The molecule has 7 nitrogen and oxygen atoms in total. The van der Waals surface area contributed by atoms with E-state index in [2.05, 4.69) is 36.8 Å². The average Bonchev–Trinajstić information content (AvgIpc) is 2.86. The maximum absolute atomic E-state index is 11.8. The molecular weight excluding hydrogens is 350 g/mol. The van der Waals surface area contributed by atoms with Crippen LogP contribution in [0, 0.1) is 0 Å². The molecule has 0 aliphatic carbocycles. The monoisotopic (exact) mass is 367 g/mol. The van der Waals surface area contributed by atoms with E-state index in [4.69, 9.17) is 4.74 Å². The lowest BCUT2D eigenvalue weighted by molar-refractivity contribution is 0.0505. The van der Waals surface area contributed by atoms with Gasteiger partial charge in [-0.3, -0.25) is 0 Å². The van der Waals surface area contributed by atoms with Crippen LogP contribution in [0.5, 0.6) is 0 Å². The molecule has 1 aromatic heterocycles. The van der Waals surface area contributed by atoms with Crippen molar-refractivity contribution in [3.63, 3.8) is 0 Å². The van der Waals surface area contributed by atoms with Crippen LogP contribution in [-0.4, -0.2) is 31.9 Å². The van der Waals surface area contributed by atoms with Crippen molar-refractivity contribution >= 4 is 22.0 Å². The molecule has 0 saturated heterocycles. The molecule has 2 aromatic rings. The zero-order valence-corrected chi connectivity index (χ0v) is 14.5. The first-order valence-corrected chi connectivity index (χ1v) is 7.59. The number of hydrogen-bond donors (Lipinski definition) is 1. The summed E-state index contributed by atoms with van der Waals surface area (Å²) in [5.74, 6) is 0.521. The van der Waals surface area contributed by atoms with Gasteiger partial charge in [0.15, 0.2) is 5.82 Å². The first kappa shape index (κ1) is 16.4. The van der Waals surface area contributed by atoms with Crippen molar-refractivity contribution in [2.45, 2.75) is 39.3 Å². The van der Waals surface area contributed by atoms with Crippen LogP contribution in [0.4, 0.5) is 4.79 Å². The Hall–Kier alpha value is -1.96. The second kappa shape index (κ2) is 6.43. The highest BCUT2D eigenvalue weighted by Gasteiger charge is 2.21. The molecule has 2 rings (SSSR count). The van der Waals surface area contributed by atoms with E-state index in [0.29, 0.717) is 5.82 Å². The summed E-state index contributed by atoms with van der Waals surface area (Å²) in [6, 6.07) is 7.15. The van der Waals surface area contributed by atoms with Crippen LogP contribution < -0.4 is 5.32 Å². The minimum atomic E-state index is -0.554. The van der Waals surface area contributed by atoms with Gasteiger partial charge < -0.3 is 10.1 Å². The Morgan fingerprint density at radius 3 is 2.55 bits per heavy atom. The summed E-state index contributed by atoms with van der Waals surface area (Å²) in [4.78, 5) is 11.8. The molecule has 0 aliphatic heterocycles. The highest BCUT2D eigenvalue weighted by atomic mass is 79.9. The lowest BCUT2D eigenvalue weighted by atomic mass is 10.2. The number of carbonyl (C=O) groups excluding carboxylic acids is 1. The summed E-state index contributed by atoms with van der Waals surface area (Å²) >= 11 is 3.38. The van der Waals surface area contributed by atoms with Gasteiger partial charge in [-0.2, -0.15) is 4.68 Å². The summed E-state index contributed by atoms with van der Waals surface area (Å²) in [6.45, 7) is 7.22. The number of tetrazole rings is 1. The SMILES string of the molecule is CC(NC(=O)OC(C)(C)C)c1nnnn1-c1ccc(Br)cc1. The van der Waals surface area contributed by atoms with Crippen molar-refractivity contribution in [2.24, 2.45) is 0 Å². The number of amides is 1. The molecule has 1 atom stereocenters. The van der Waals surface area contributed by atoms with Gasteiger partial charge in [0.05, 0.1) is 11.7 Å². The molecule has 1 unspecified atom stereocenters. The largest absolute Gasteiger partial charge is 0.444 e. The molecule has 118 valence electrons. The Balaban J connectivity index is 2.15. The Morgan fingerprint density at radius 2 is 1.95 bits per heavy atom. The number of hydrogen-bond acceptors (Lipinski definition) is 5. The predicted molar refractivity (Wildman–Crippen MR) is 84.6 cm³/mol. The van der Waals surface area contributed by atoms with Crippen LogP contribution in [0.2, 0.25) is 0 Å². The fourth-order valence-corrected chi connectivity index (χ4v) is 2.04. The fourth-order valence-electron chi connectivity index (χ4n) is 1.78. The second-order valence-electron chi connectivity index (χ2n) is 5.79. The minimum absolute atomic E-state index is 0.395. The van der Waals surface area contributed by atoms with E-state index in [9.17, 15) is 4.79 Å². The summed E-state index contributed by atoms with van der Waals surface area (Å²) in [5, 5.41) is 14.4. The number of alkyl carbamates (subject to hydrolysis) is 1. The van der Waals surface area contributed by atoms with Crippen LogP contribution in [0.15, 0.2) is 28.7 Å². The molecule has 0 saturated carbocycles. The molecule has 0 radical (unpaired) electrons. The molecule has 0 bridgehead atoms. The van der Waals surface area contributed by atoms with E-state index in [1.54, 1.807) is 11.6 Å². The third-order valence-corrected chi connectivity index (χ3v) is 3.21. The van der Waals surface area contributed by atoms with E-state index in [1.165, 1.54) is 0 Å². The summed E-state index contributed by atoms with van der Waals surface area (Å²) in [7, 11) is 0. The maximum atomic E-state index is 11.8. The van der Waals surface area contributed by atoms with Gasteiger partial charge in [-0.15, -0.1) is 5.10 Å². The Morgan fingerprint density at radius 1 is 1.32 bits per heavy atom. The predicted octanol–water partition coefficient (Wildman–Crippen LogP) is 3.01. The van der Waals surface area contributed by atoms with Crippen molar-refractivity contribution in [3.8, 4) is 5.69 Å². The molecular formula is C14H18BrN5O2. The van der Waals surface area contributed by atoms with E-state index >= 15 is 0 Å². The van der Waals surface area contributed by atoms with Crippen molar-refractivity contribution in [1.82, 2.24) is 25.5 Å². The molecule has 0 aliphatic rings. The van der Waals surface area contributed by atoms with Gasteiger partial charge in [-0.05, 0) is 62.4 Å². The number of benzene rings is 1. The van der Waals surface area contributed by atoms with Crippen molar-refractivity contribution in [3.05, 3.63) is 34.6 Å². The first-order valence-electron chi connectivity index (χ1n) is 6.80. The number of nitrogens with one attached hydrogen (secondary N) is 1. The summed E-state index contributed by atoms with van der Waals surface area (Å²) < 4.78 is 7.78. The van der Waals surface area contributed by atoms with Gasteiger partial charge in [-0.25, -0.2) is 4.79 Å². The standard InChI is InChI=1S/C14H18BrN5O2/c1-9(16-13(21)22-14(2,3)4)12-17-18-19-20(12)11-7-5-10(15)6-8-11/h5-9H,1-4H3,(H,16,21). The first-order chi connectivity index (χ1) is 10.3. The fraction of sp³-hybridized carbons (Fsp3) is 0.429. The highest BCUT2D eigenvalue weighted by molar-refractivity contribution is 9.10. The average molecular weight is 368 g/mol. The van der Waals surface area contributed by atoms with E-state index in [1.807, 2.05) is 45.0 Å². The smallest absolute Gasteiger partial charge is 0.408 e. The van der Waals surface area contributed by atoms with Gasteiger partial charge in [0.1, 0.15) is 5.60 Å². The van der Waals surface area contributed by atoms with E-state index in [-0.39, 0.29) is 0 Å². The number of rotatable bonds is 3. The molecule has 1 heterocycles. The van der Waals surface area contributed by atoms with Gasteiger partial charge in [0.25, 0.3) is 0 Å². The van der Waals surface area contributed by atoms with Gasteiger partial charge in [-0.1, -0.05) is 15.9 Å². The van der Waals surface area contributed by atoms with Gasteiger partial charge in [0.2, 0.25) is 0 Å². The van der Waals surface area contributed by atoms with Crippen LogP contribution in [0.1, 0.15) is 39.6 Å². The lowest BCUT2D eigenvalue weighted by Crippen LogP contribution is -2.34. The molecule has 22 heavy (non-hydrogen) atoms. The third-order valence-electron chi connectivity index (χ3n) is 2.69. The number of ether oxygens (including phenoxy) is 1. The number of nitrogens with zero attached hydrogens (tertiary/aromatic N) is 4. The Kier molecular flexibility index (Phi) is 4.80. The molecule has 8 heteroatoms. The van der Waals surface area contributed by atoms with Crippen molar-refractivity contribution in [1.29, 1.82) is 0 Å². The van der Waals surface area contributed by atoms with Crippen LogP contribution >= 0.6 is 15.9 Å². The number of carbonyl (C=O) groups is 1. The third kappa shape index (κ3) is 4.27. The molecule has 0 fully saturated rings. The molecule has 1 amide bonds. The molecule has 1 N–H and O–H groups in total. The number of halogens is 1. The summed E-state index contributed by atoms with van der Waals surface area (Å²) in [5.41, 5.74) is 0.252. The molecule has 1 aromatic carbocycles. The van der Waals surface area contributed by atoms with Gasteiger partial charge in [0, 0.05) is 4.47 Å². The molecule has 0 spiro atoms. The summed E-state index contributed by atoms with van der Waals surface area (Å²) in [6.07, 6.45) is -0.509. The maximum Gasteiger partial charge on any atom is 0.408 e. The van der Waals surface area contributed by atoms with Crippen LogP contribution in [-0.2, 0) is 4.74 Å². The zero-order valence-electron chi connectivity index (χ0n) is 12.9. The lowest BCUT2D eigenvalue weighted by Gasteiger charge is -2.21. The quantitative estimate of drug-likeness (QED) is 0.901. The Labute approximate surface area is 137 Å².